The van der Waals surface area contributed by atoms with Crippen LogP contribution in [0.3, 0.4) is 0 Å². The highest BCUT2D eigenvalue weighted by molar-refractivity contribution is 5.56. The number of anilines is 2. The molecule has 0 amide bonds. The third-order valence-electron chi connectivity index (χ3n) is 3.31. The summed E-state index contributed by atoms with van der Waals surface area (Å²) in [5.41, 5.74) is 8.37. The molecule has 0 aliphatic carbocycles. The minimum absolute atomic E-state index is 0.0636. The number of hydrogen-bond acceptors (Lipinski definition) is 2. The van der Waals surface area contributed by atoms with Gasteiger partial charge in [0.25, 0.3) is 0 Å². The van der Waals surface area contributed by atoms with Crippen LogP contribution >= 0.6 is 0 Å². The van der Waals surface area contributed by atoms with Crippen molar-refractivity contribution in [2.75, 3.05) is 10.6 Å². The Labute approximate surface area is 108 Å². The fourth-order valence-corrected chi connectivity index (χ4v) is 2.34. The minimum Gasteiger partial charge on any atom is -0.399 e. The topological polar surface area (TPSA) is 29.3 Å². The summed E-state index contributed by atoms with van der Waals surface area (Å²) in [6, 6.07) is 7.63. The van der Waals surface area contributed by atoms with Gasteiger partial charge < -0.3 is 10.6 Å². The van der Waals surface area contributed by atoms with Crippen LogP contribution in [0.15, 0.2) is 30.3 Å². The van der Waals surface area contributed by atoms with Crippen molar-refractivity contribution in [2.24, 2.45) is 0 Å². The minimum atomic E-state index is -1.44. The highest BCUT2D eigenvalue weighted by atomic mass is 19.2. The Morgan fingerprint density at radius 2 is 1.63 bits per heavy atom. The molecule has 0 radical (unpaired) electrons. The summed E-state index contributed by atoms with van der Waals surface area (Å²) in [5.74, 6) is -3.77. The van der Waals surface area contributed by atoms with E-state index in [2.05, 4.69) is 0 Å². The first-order chi connectivity index (χ1) is 9.06. The van der Waals surface area contributed by atoms with E-state index in [1.165, 1.54) is 6.07 Å². The van der Waals surface area contributed by atoms with Crippen molar-refractivity contribution in [2.45, 2.75) is 13.1 Å². The molecule has 0 saturated heterocycles. The van der Waals surface area contributed by atoms with Crippen molar-refractivity contribution in [1.82, 2.24) is 0 Å². The first-order valence-corrected chi connectivity index (χ1v) is 5.82. The molecule has 5 heteroatoms. The van der Waals surface area contributed by atoms with Crippen molar-refractivity contribution >= 4 is 11.4 Å². The second kappa shape index (κ2) is 4.19. The summed E-state index contributed by atoms with van der Waals surface area (Å²) < 4.78 is 39.9. The van der Waals surface area contributed by atoms with Crippen molar-refractivity contribution in [1.29, 1.82) is 0 Å². The van der Waals surface area contributed by atoms with E-state index in [4.69, 9.17) is 5.73 Å². The Morgan fingerprint density at radius 3 is 2.42 bits per heavy atom. The first-order valence-electron chi connectivity index (χ1n) is 5.82. The van der Waals surface area contributed by atoms with Crippen LogP contribution in [0.1, 0.15) is 11.1 Å². The quantitative estimate of drug-likeness (QED) is 0.633. The van der Waals surface area contributed by atoms with E-state index in [0.717, 1.165) is 17.2 Å². The summed E-state index contributed by atoms with van der Waals surface area (Å²) in [6.45, 7) is 0.889. The molecular weight excluding hydrogens is 253 g/mol. The molecule has 0 aromatic heterocycles. The summed E-state index contributed by atoms with van der Waals surface area (Å²) in [5, 5.41) is 0. The van der Waals surface area contributed by atoms with E-state index in [1.54, 1.807) is 11.0 Å². The molecule has 2 aromatic rings. The fraction of sp³-hybridized carbons (Fsp3) is 0.143. The summed E-state index contributed by atoms with van der Waals surface area (Å²) in [4.78, 5) is 1.65. The van der Waals surface area contributed by atoms with Gasteiger partial charge in [0.15, 0.2) is 17.5 Å². The zero-order chi connectivity index (χ0) is 13.6. The fourth-order valence-electron chi connectivity index (χ4n) is 2.34. The van der Waals surface area contributed by atoms with E-state index in [-0.39, 0.29) is 5.69 Å². The van der Waals surface area contributed by atoms with Gasteiger partial charge in [-0.05, 0) is 35.4 Å². The molecule has 1 heterocycles. The molecule has 0 bridgehead atoms. The van der Waals surface area contributed by atoms with Crippen molar-refractivity contribution in [3.05, 3.63) is 58.9 Å². The average Bonchev–Trinajstić information content (AvgIpc) is 2.78. The van der Waals surface area contributed by atoms with Crippen LogP contribution < -0.4 is 10.6 Å². The Kier molecular flexibility index (Phi) is 2.62. The predicted octanol–water partition coefficient (Wildman–Crippen LogP) is 3.21. The highest BCUT2D eigenvalue weighted by Gasteiger charge is 2.24. The van der Waals surface area contributed by atoms with Crippen LogP contribution in [0, 0.1) is 17.5 Å². The van der Waals surface area contributed by atoms with Crippen molar-refractivity contribution in [3.63, 3.8) is 0 Å². The summed E-state index contributed by atoms with van der Waals surface area (Å²) >= 11 is 0. The zero-order valence-electron chi connectivity index (χ0n) is 9.96. The smallest absolute Gasteiger partial charge is 0.196 e. The lowest BCUT2D eigenvalue weighted by atomic mass is 10.1. The molecule has 98 valence electrons. The number of halogens is 3. The maximum absolute atomic E-state index is 13.7. The summed E-state index contributed by atoms with van der Waals surface area (Å²) in [7, 11) is 0. The SMILES string of the molecule is Nc1ccc2c(c1)CN(c1ccc(F)c(F)c1F)C2. The molecule has 19 heavy (non-hydrogen) atoms. The molecule has 0 fully saturated rings. The van der Waals surface area contributed by atoms with Gasteiger partial charge in [-0.15, -0.1) is 0 Å². The number of nitrogen functional groups attached to an aromatic ring is 1. The van der Waals surface area contributed by atoms with E-state index in [1.807, 2.05) is 12.1 Å². The van der Waals surface area contributed by atoms with Crippen LogP contribution in [0.5, 0.6) is 0 Å². The number of nitrogens with two attached hydrogens (primary N) is 1. The lowest BCUT2D eigenvalue weighted by Crippen LogP contribution is -2.17. The Bertz CT molecular complexity index is 655. The van der Waals surface area contributed by atoms with E-state index in [0.29, 0.717) is 18.8 Å². The van der Waals surface area contributed by atoms with E-state index < -0.39 is 17.5 Å². The molecule has 2 aromatic carbocycles. The van der Waals surface area contributed by atoms with Gasteiger partial charge in [-0.2, -0.15) is 0 Å². The van der Waals surface area contributed by atoms with Gasteiger partial charge in [-0.1, -0.05) is 6.07 Å². The van der Waals surface area contributed by atoms with Gasteiger partial charge in [-0.25, -0.2) is 13.2 Å². The molecule has 3 rings (SSSR count). The standard InChI is InChI=1S/C14H11F3N2/c15-11-3-4-12(14(17)13(11)16)19-6-8-1-2-10(18)5-9(8)7-19/h1-5H,6-7,18H2. The molecule has 1 aliphatic heterocycles. The average molecular weight is 264 g/mol. The Morgan fingerprint density at radius 1 is 0.895 bits per heavy atom. The van der Waals surface area contributed by atoms with Gasteiger partial charge in [0, 0.05) is 18.8 Å². The zero-order valence-corrected chi connectivity index (χ0v) is 9.96. The molecule has 0 atom stereocenters. The Hall–Kier alpha value is -2.17. The molecule has 0 spiro atoms. The molecule has 2 nitrogen and oxygen atoms in total. The van der Waals surface area contributed by atoms with Gasteiger partial charge in [0.2, 0.25) is 0 Å². The maximum Gasteiger partial charge on any atom is 0.196 e. The van der Waals surface area contributed by atoms with Gasteiger partial charge in [-0.3, -0.25) is 0 Å². The molecular formula is C14H11F3N2. The monoisotopic (exact) mass is 264 g/mol. The first kappa shape index (κ1) is 11.9. The largest absolute Gasteiger partial charge is 0.399 e. The number of hydrogen-bond donors (Lipinski definition) is 1. The molecule has 0 unspecified atom stereocenters. The van der Waals surface area contributed by atoms with Gasteiger partial charge in [0.1, 0.15) is 0 Å². The van der Waals surface area contributed by atoms with E-state index >= 15 is 0 Å². The lowest BCUT2D eigenvalue weighted by molar-refractivity contribution is 0.446. The molecule has 1 aliphatic rings. The van der Waals surface area contributed by atoms with Crippen molar-refractivity contribution in [3.8, 4) is 0 Å². The predicted molar refractivity (Wildman–Crippen MR) is 67.1 cm³/mol. The van der Waals surface area contributed by atoms with Gasteiger partial charge >= 0.3 is 0 Å². The molecule has 0 saturated carbocycles. The third kappa shape index (κ3) is 1.91. The number of benzene rings is 2. The maximum atomic E-state index is 13.7. The molecule has 2 N–H and O–H groups in total. The summed E-state index contributed by atoms with van der Waals surface area (Å²) in [6.07, 6.45) is 0. The normalized spacial score (nSPS) is 13.7. The third-order valence-corrected chi connectivity index (χ3v) is 3.31. The van der Waals surface area contributed by atoms with Crippen LogP contribution in [0.2, 0.25) is 0 Å². The van der Waals surface area contributed by atoms with Gasteiger partial charge in [0.05, 0.1) is 5.69 Å². The number of nitrogens with zero attached hydrogens (tertiary/aromatic N) is 1. The van der Waals surface area contributed by atoms with E-state index in [9.17, 15) is 13.2 Å². The van der Waals surface area contributed by atoms with Crippen molar-refractivity contribution < 1.29 is 13.2 Å². The van der Waals surface area contributed by atoms with Crippen LogP contribution in [-0.4, -0.2) is 0 Å². The second-order valence-corrected chi connectivity index (χ2v) is 4.58. The van der Waals surface area contributed by atoms with Crippen LogP contribution in [0.25, 0.3) is 0 Å². The highest BCUT2D eigenvalue weighted by Crippen LogP contribution is 2.32. The Balaban J connectivity index is 1.97. The van der Waals surface area contributed by atoms with Crippen LogP contribution in [-0.2, 0) is 13.1 Å². The second-order valence-electron chi connectivity index (χ2n) is 4.58. The lowest BCUT2D eigenvalue weighted by Gasteiger charge is -2.18. The van der Waals surface area contributed by atoms with Crippen LogP contribution in [0.4, 0.5) is 24.5 Å². The number of fused-ring (bicyclic) bond motifs is 1. The number of rotatable bonds is 1.